The molecule has 2 aromatic rings. The van der Waals surface area contributed by atoms with Crippen LogP contribution in [-0.2, 0) is 21.0 Å². The Labute approximate surface area is 174 Å². The van der Waals surface area contributed by atoms with Gasteiger partial charge in [-0.2, -0.15) is 9.37 Å². The van der Waals surface area contributed by atoms with Crippen LogP contribution in [0.2, 0.25) is 5.02 Å². The maximum absolute atomic E-state index is 14.4. The van der Waals surface area contributed by atoms with Gasteiger partial charge in [-0.15, -0.1) is 0 Å². The van der Waals surface area contributed by atoms with Gasteiger partial charge in [-0.25, -0.2) is 8.42 Å². The number of benzene rings is 1. The third kappa shape index (κ3) is 4.34. The molecule has 1 fully saturated rings. The number of aromatic nitrogens is 1. The second kappa shape index (κ2) is 8.45. The molecule has 156 valence electrons. The fourth-order valence-corrected chi connectivity index (χ4v) is 5.69. The monoisotopic (exact) mass is 440 g/mol. The molecule has 0 amide bonds. The molecular weight excluding hydrogens is 419 g/mol. The zero-order chi connectivity index (χ0) is 20.4. The third-order valence-electron chi connectivity index (χ3n) is 5.20. The predicted molar refractivity (Wildman–Crippen MR) is 108 cm³/mol. The van der Waals surface area contributed by atoms with Crippen molar-refractivity contribution in [2.75, 3.05) is 37.0 Å². The van der Waals surface area contributed by atoms with Crippen molar-refractivity contribution in [3.63, 3.8) is 0 Å². The maximum Gasteiger partial charge on any atom is 0.241 e. The first-order valence-electron chi connectivity index (χ1n) is 9.61. The summed E-state index contributed by atoms with van der Waals surface area (Å²) in [5, 5.41) is -0.478. The standard InChI is InChI=1S/C20H22ClFN2O4S/c21-16-18-17(20(23-19(16)22)28-13-15-7-4-11-27-15)24(10-12-29(18,25)26)9-8-14-5-2-1-3-6-14/h1-3,5-6,15H,4,7-13H2. The summed E-state index contributed by atoms with van der Waals surface area (Å²) >= 11 is 6.05. The smallest absolute Gasteiger partial charge is 0.241 e. The topological polar surface area (TPSA) is 68.7 Å². The van der Waals surface area contributed by atoms with E-state index in [4.69, 9.17) is 21.1 Å². The van der Waals surface area contributed by atoms with Crippen molar-refractivity contribution in [2.45, 2.75) is 30.3 Å². The minimum absolute atomic E-state index is 0.0475. The Morgan fingerprint density at radius 3 is 2.83 bits per heavy atom. The zero-order valence-corrected chi connectivity index (χ0v) is 17.4. The lowest BCUT2D eigenvalue weighted by Crippen LogP contribution is -2.38. The molecule has 1 aromatic carbocycles. The van der Waals surface area contributed by atoms with Crippen molar-refractivity contribution < 1.29 is 22.3 Å². The van der Waals surface area contributed by atoms with Crippen LogP contribution >= 0.6 is 11.6 Å². The molecule has 4 rings (SSSR count). The minimum atomic E-state index is -3.74. The molecule has 2 aliphatic heterocycles. The van der Waals surface area contributed by atoms with E-state index in [-0.39, 0.29) is 41.5 Å². The highest BCUT2D eigenvalue weighted by Crippen LogP contribution is 2.43. The number of sulfone groups is 1. The van der Waals surface area contributed by atoms with Crippen molar-refractivity contribution >= 4 is 27.1 Å². The van der Waals surface area contributed by atoms with E-state index in [2.05, 4.69) is 4.98 Å². The molecule has 29 heavy (non-hydrogen) atoms. The Morgan fingerprint density at radius 2 is 2.10 bits per heavy atom. The molecule has 0 aliphatic carbocycles. The number of hydrogen-bond acceptors (Lipinski definition) is 6. The molecule has 0 radical (unpaired) electrons. The molecule has 0 spiro atoms. The van der Waals surface area contributed by atoms with Gasteiger partial charge in [0.05, 0.1) is 11.9 Å². The molecule has 1 aromatic heterocycles. The van der Waals surface area contributed by atoms with Gasteiger partial charge in [0.2, 0.25) is 11.8 Å². The van der Waals surface area contributed by atoms with Gasteiger partial charge in [0, 0.05) is 19.7 Å². The van der Waals surface area contributed by atoms with Crippen LogP contribution in [0.3, 0.4) is 0 Å². The van der Waals surface area contributed by atoms with E-state index in [1.165, 1.54) is 0 Å². The number of rotatable bonds is 6. The van der Waals surface area contributed by atoms with Gasteiger partial charge < -0.3 is 14.4 Å². The van der Waals surface area contributed by atoms with E-state index < -0.39 is 20.8 Å². The summed E-state index contributed by atoms with van der Waals surface area (Å²) < 4.78 is 51.0. The lowest BCUT2D eigenvalue weighted by molar-refractivity contribution is 0.0661. The normalized spacial score (nSPS) is 20.5. The highest BCUT2D eigenvalue weighted by molar-refractivity contribution is 7.91. The van der Waals surface area contributed by atoms with Gasteiger partial charge in [-0.1, -0.05) is 41.9 Å². The average Bonchev–Trinajstić information content (AvgIpc) is 3.23. The fourth-order valence-electron chi connectivity index (χ4n) is 3.67. The van der Waals surface area contributed by atoms with Crippen LogP contribution in [0.25, 0.3) is 0 Å². The van der Waals surface area contributed by atoms with Crippen LogP contribution in [0.1, 0.15) is 18.4 Å². The summed E-state index contributed by atoms with van der Waals surface area (Å²) in [7, 11) is -3.74. The summed E-state index contributed by atoms with van der Waals surface area (Å²) in [4.78, 5) is 5.47. The molecule has 0 bridgehead atoms. The highest BCUT2D eigenvalue weighted by atomic mass is 35.5. The molecule has 0 N–H and O–H groups in total. The van der Waals surface area contributed by atoms with Gasteiger partial charge in [0.1, 0.15) is 22.2 Å². The SMILES string of the molecule is O=S1(=O)CCN(CCc2ccccc2)c2c(OCC3CCCO3)nc(F)c(Cl)c21. The molecule has 1 unspecified atom stereocenters. The number of anilines is 1. The summed E-state index contributed by atoms with van der Waals surface area (Å²) in [6, 6.07) is 9.86. The number of pyridine rings is 1. The lowest BCUT2D eigenvalue weighted by Gasteiger charge is -2.32. The Morgan fingerprint density at radius 1 is 1.31 bits per heavy atom. The largest absolute Gasteiger partial charge is 0.473 e. The van der Waals surface area contributed by atoms with E-state index in [9.17, 15) is 12.8 Å². The number of halogens is 2. The third-order valence-corrected chi connectivity index (χ3v) is 7.39. The first kappa shape index (κ1) is 20.4. The summed E-state index contributed by atoms with van der Waals surface area (Å²) in [5.41, 5.74) is 1.36. The molecule has 1 atom stereocenters. The van der Waals surface area contributed by atoms with E-state index in [0.29, 0.717) is 19.6 Å². The minimum Gasteiger partial charge on any atom is -0.473 e. The molecule has 6 nitrogen and oxygen atoms in total. The molecular formula is C20H22ClFN2O4S. The van der Waals surface area contributed by atoms with E-state index in [1.54, 1.807) is 0 Å². The second-order valence-corrected chi connectivity index (χ2v) is 9.61. The van der Waals surface area contributed by atoms with Crippen LogP contribution in [0, 0.1) is 5.95 Å². The summed E-state index contributed by atoms with van der Waals surface area (Å²) in [5.74, 6) is -1.22. The van der Waals surface area contributed by atoms with Crippen molar-refractivity contribution in [2.24, 2.45) is 0 Å². The van der Waals surface area contributed by atoms with Crippen molar-refractivity contribution in [1.29, 1.82) is 0 Å². The molecule has 2 aliphatic rings. The second-order valence-electron chi connectivity index (χ2n) is 7.19. The average molecular weight is 441 g/mol. The van der Waals surface area contributed by atoms with Crippen LogP contribution < -0.4 is 9.64 Å². The predicted octanol–water partition coefficient (Wildman–Crippen LogP) is 3.27. The first-order chi connectivity index (χ1) is 14.0. The van der Waals surface area contributed by atoms with Gasteiger partial charge in [0.15, 0.2) is 9.84 Å². The summed E-state index contributed by atoms with van der Waals surface area (Å²) in [6.07, 6.45) is 2.37. The van der Waals surface area contributed by atoms with Gasteiger partial charge in [-0.3, -0.25) is 0 Å². The van der Waals surface area contributed by atoms with Crippen molar-refractivity contribution in [1.82, 2.24) is 4.98 Å². The van der Waals surface area contributed by atoms with Crippen LogP contribution in [-0.4, -0.2) is 51.6 Å². The molecule has 9 heteroatoms. The van der Waals surface area contributed by atoms with Crippen LogP contribution in [0.5, 0.6) is 5.88 Å². The Balaban J connectivity index is 1.67. The highest BCUT2D eigenvalue weighted by Gasteiger charge is 2.36. The molecule has 1 saturated heterocycles. The van der Waals surface area contributed by atoms with Gasteiger partial charge in [-0.05, 0) is 24.8 Å². The Kier molecular flexibility index (Phi) is 5.94. The molecule has 3 heterocycles. The fraction of sp³-hybridized carbons (Fsp3) is 0.450. The van der Waals surface area contributed by atoms with Gasteiger partial charge >= 0.3 is 0 Å². The van der Waals surface area contributed by atoms with Crippen molar-refractivity contribution in [3.8, 4) is 5.88 Å². The summed E-state index contributed by atoms with van der Waals surface area (Å²) in [6.45, 7) is 1.65. The van der Waals surface area contributed by atoms with Crippen molar-refractivity contribution in [3.05, 3.63) is 46.9 Å². The Hall–Kier alpha value is -1.90. The quantitative estimate of drug-likeness (QED) is 0.642. The molecule has 0 saturated carbocycles. The van der Waals surface area contributed by atoms with Crippen LogP contribution in [0.4, 0.5) is 10.1 Å². The van der Waals surface area contributed by atoms with E-state index in [1.807, 2.05) is 35.2 Å². The van der Waals surface area contributed by atoms with Gasteiger partial charge in [0.25, 0.3) is 0 Å². The number of ether oxygens (including phenoxy) is 2. The lowest BCUT2D eigenvalue weighted by atomic mass is 10.1. The number of nitrogens with zero attached hydrogens (tertiary/aromatic N) is 2. The van der Waals surface area contributed by atoms with Crippen LogP contribution in [0.15, 0.2) is 35.2 Å². The zero-order valence-electron chi connectivity index (χ0n) is 15.8. The van der Waals surface area contributed by atoms with E-state index >= 15 is 0 Å². The number of hydrogen-bond donors (Lipinski definition) is 0. The Bertz CT molecular complexity index is 982. The first-order valence-corrected chi connectivity index (χ1v) is 11.6. The maximum atomic E-state index is 14.4. The van der Waals surface area contributed by atoms with E-state index in [0.717, 1.165) is 18.4 Å². The number of fused-ring (bicyclic) bond motifs is 1.